The molecule has 1 aromatic heterocycles. The lowest BCUT2D eigenvalue weighted by atomic mass is 10.1. The highest BCUT2D eigenvalue weighted by molar-refractivity contribution is 6.33. The van der Waals surface area contributed by atoms with Gasteiger partial charge in [0, 0.05) is 21.5 Å². The Kier molecular flexibility index (Phi) is 2.37. The Morgan fingerprint density at radius 3 is 2.41 bits per heavy atom. The summed E-state index contributed by atoms with van der Waals surface area (Å²) in [5, 5.41) is 1.13. The largest absolute Gasteiger partial charge is 0.352 e. The number of benzene rings is 2. The van der Waals surface area contributed by atoms with E-state index in [2.05, 4.69) is 4.98 Å². The number of rotatable bonds is 1. The zero-order valence-corrected chi connectivity index (χ0v) is 9.63. The van der Waals surface area contributed by atoms with E-state index >= 15 is 0 Å². The van der Waals surface area contributed by atoms with E-state index < -0.39 is 0 Å². The van der Waals surface area contributed by atoms with E-state index in [-0.39, 0.29) is 5.82 Å². The molecule has 1 heterocycles. The van der Waals surface area contributed by atoms with Gasteiger partial charge in [0.1, 0.15) is 0 Å². The van der Waals surface area contributed by atoms with E-state index in [1.807, 2.05) is 30.3 Å². The molecule has 0 fully saturated rings. The van der Waals surface area contributed by atoms with Gasteiger partial charge in [0.2, 0.25) is 0 Å². The summed E-state index contributed by atoms with van der Waals surface area (Å²) in [6.45, 7) is 0. The second-order valence-electron chi connectivity index (χ2n) is 3.84. The van der Waals surface area contributed by atoms with Crippen LogP contribution >= 0.6 is 11.6 Å². The van der Waals surface area contributed by atoms with Gasteiger partial charge in [-0.05, 0) is 18.2 Å². The molecule has 2 aromatic carbocycles. The number of fused-ring (bicyclic) bond motifs is 1. The molecule has 3 heteroatoms. The van der Waals surface area contributed by atoms with Crippen molar-refractivity contribution in [1.29, 1.82) is 0 Å². The van der Waals surface area contributed by atoms with Gasteiger partial charge in [-0.15, -0.1) is 0 Å². The van der Waals surface area contributed by atoms with Gasteiger partial charge in [-0.3, -0.25) is 0 Å². The van der Waals surface area contributed by atoms with E-state index in [0.29, 0.717) is 21.7 Å². The van der Waals surface area contributed by atoms with Crippen molar-refractivity contribution in [2.75, 3.05) is 0 Å². The van der Waals surface area contributed by atoms with Crippen molar-refractivity contribution in [3.8, 4) is 11.3 Å². The molecule has 0 aliphatic rings. The van der Waals surface area contributed by atoms with Crippen LogP contribution in [0, 0.1) is 5.82 Å². The zero-order valence-electron chi connectivity index (χ0n) is 8.87. The summed E-state index contributed by atoms with van der Waals surface area (Å²) in [5.74, 6) is -0.256. The first-order chi connectivity index (χ1) is 8.27. The minimum Gasteiger partial charge on any atom is -0.352 e. The fourth-order valence-corrected chi connectivity index (χ4v) is 2.19. The Balaban J connectivity index is 2.32. The summed E-state index contributed by atoms with van der Waals surface area (Å²) in [4.78, 5) is 3.06. The normalized spacial score (nSPS) is 10.9. The quantitative estimate of drug-likeness (QED) is 0.644. The third kappa shape index (κ3) is 1.61. The minimum absolute atomic E-state index is 0.256. The lowest BCUT2D eigenvalue weighted by molar-refractivity contribution is 0.643. The van der Waals surface area contributed by atoms with Crippen molar-refractivity contribution in [2.24, 2.45) is 0 Å². The first kappa shape index (κ1) is 10.4. The lowest BCUT2D eigenvalue weighted by Crippen LogP contribution is -1.82. The van der Waals surface area contributed by atoms with Crippen molar-refractivity contribution in [2.45, 2.75) is 0 Å². The third-order valence-electron chi connectivity index (χ3n) is 2.79. The monoisotopic (exact) mass is 245 g/mol. The van der Waals surface area contributed by atoms with Crippen LogP contribution < -0.4 is 0 Å². The van der Waals surface area contributed by atoms with Crippen molar-refractivity contribution in [3.63, 3.8) is 0 Å². The first-order valence-corrected chi connectivity index (χ1v) is 5.66. The Labute approximate surface area is 103 Å². The van der Waals surface area contributed by atoms with Crippen molar-refractivity contribution in [3.05, 3.63) is 59.4 Å². The molecule has 1 nitrogen and oxygen atoms in total. The van der Waals surface area contributed by atoms with Crippen molar-refractivity contribution in [1.82, 2.24) is 4.98 Å². The fourth-order valence-electron chi connectivity index (χ4n) is 1.96. The number of aromatic nitrogens is 1. The van der Waals surface area contributed by atoms with Gasteiger partial charge in [0.15, 0.2) is 5.82 Å². The molecule has 84 valence electrons. The summed E-state index contributed by atoms with van der Waals surface area (Å²) in [6.07, 6.45) is 0. The van der Waals surface area contributed by atoms with Crippen LogP contribution in [0.15, 0.2) is 48.5 Å². The Morgan fingerprint density at radius 1 is 0.941 bits per heavy atom. The number of para-hydroxylation sites is 1. The summed E-state index contributed by atoms with van der Waals surface area (Å²) < 4.78 is 14.2. The molecular formula is C14H9ClFN. The molecule has 0 atom stereocenters. The van der Waals surface area contributed by atoms with Gasteiger partial charge >= 0.3 is 0 Å². The van der Waals surface area contributed by atoms with Crippen LogP contribution in [0.5, 0.6) is 0 Å². The maximum Gasteiger partial charge on any atom is 0.156 e. The summed E-state index contributed by atoms with van der Waals surface area (Å²) in [6, 6.07) is 14.5. The molecule has 0 amide bonds. The van der Waals surface area contributed by atoms with Gasteiger partial charge in [0.25, 0.3) is 0 Å². The van der Waals surface area contributed by atoms with Gasteiger partial charge in [-0.2, -0.15) is 0 Å². The van der Waals surface area contributed by atoms with E-state index in [4.69, 9.17) is 11.6 Å². The maximum atomic E-state index is 14.2. The fraction of sp³-hybridized carbons (Fsp3) is 0. The molecule has 3 aromatic rings. The Hall–Kier alpha value is -1.80. The molecule has 0 saturated carbocycles. The number of aromatic amines is 1. The number of hydrogen-bond acceptors (Lipinski definition) is 0. The van der Waals surface area contributed by atoms with Gasteiger partial charge in [-0.1, -0.05) is 41.9 Å². The average molecular weight is 246 g/mol. The number of hydrogen-bond donors (Lipinski definition) is 1. The van der Waals surface area contributed by atoms with Crippen LogP contribution in [0.25, 0.3) is 22.2 Å². The predicted octanol–water partition coefficient (Wildman–Crippen LogP) is 4.63. The Morgan fingerprint density at radius 2 is 1.65 bits per heavy atom. The molecule has 0 radical (unpaired) electrons. The van der Waals surface area contributed by atoms with E-state index in [0.717, 1.165) is 5.52 Å². The summed E-state index contributed by atoms with van der Waals surface area (Å²) in [5.41, 5.74) is 1.90. The van der Waals surface area contributed by atoms with Crippen LogP contribution in [0.1, 0.15) is 0 Å². The zero-order chi connectivity index (χ0) is 11.8. The van der Waals surface area contributed by atoms with Gasteiger partial charge < -0.3 is 4.98 Å². The highest BCUT2D eigenvalue weighted by atomic mass is 35.5. The standard InChI is InChI=1S/C14H9ClFN/c15-11-7-3-1-5-9(11)14-13(16)10-6-2-4-8-12(10)17-14/h1-8,17H. The Bertz CT molecular complexity index is 688. The van der Waals surface area contributed by atoms with Crippen LogP contribution in [-0.4, -0.2) is 4.98 Å². The van der Waals surface area contributed by atoms with E-state index in [1.54, 1.807) is 18.2 Å². The molecule has 3 rings (SSSR count). The van der Waals surface area contributed by atoms with Crippen LogP contribution in [0.3, 0.4) is 0 Å². The summed E-state index contributed by atoms with van der Waals surface area (Å²) in [7, 11) is 0. The second-order valence-corrected chi connectivity index (χ2v) is 4.25. The number of nitrogens with one attached hydrogen (secondary N) is 1. The summed E-state index contributed by atoms with van der Waals surface area (Å²) >= 11 is 6.07. The highest BCUT2D eigenvalue weighted by Crippen LogP contribution is 2.32. The minimum atomic E-state index is -0.256. The molecule has 0 aliphatic carbocycles. The van der Waals surface area contributed by atoms with Crippen LogP contribution in [0.2, 0.25) is 5.02 Å². The molecule has 0 saturated heterocycles. The molecular weight excluding hydrogens is 237 g/mol. The van der Waals surface area contributed by atoms with Gasteiger partial charge in [-0.25, -0.2) is 4.39 Å². The molecule has 1 N–H and O–H groups in total. The molecule has 17 heavy (non-hydrogen) atoms. The highest BCUT2D eigenvalue weighted by Gasteiger charge is 2.14. The molecule has 0 spiro atoms. The van der Waals surface area contributed by atoms with Crippen LogP contribution in [0.4, 0.5) is 4.39 Å². The number of H-pyrrole nitrogens is 1. The van der Waals surface area contributed by atoms with Gasteiger partial charge in [0.05, 0.1) is 5.69 Å². The third-order valence-corrected chi connectivity index (χ3v) is 3.12. The smallest absolute Gasteiger partial charge is 0.156 e. The van der Waals surface area contributed by atoms with E-state index in [9.17, 15) is 4.39 Å². The second kappa shape index (κ2) is 3.90. The molecule has 0 aliphatic heterocycles. The number of halogens is 2. The molecule has 0 unspecified atom stereocenters. The average Bonchev–Trinajstić information content (AvgIpc) is 2.68. The SMILES string of the molecule is Fc1c(-c2ccccc2Cl)[nH]c2ccccc12. The van der Waals surface area contributed by atoms with Crippen molar-refractivity contribution >= 4 is 22.5 Å². The molecule has 0 bridgehead atoms. The van der Waals surface area contributed by atoms with Crippen molar-refractivity contribution < 1.29 is 4.39 Å². The lowest BCUT2D eigenvalue weighted by Gasteiger charge is -2.00. The van der Waals surface area contributed by atoms with E-state index in [1.165, 1.54) is 0 Å². The maximum absolute atomic E-state index is 14.2. The predicted molar refractivity (Wildman–Crippen MR) is 68.7 cm³/mol. The van der Waals surface area contributed by atoms with Crippen LogP contribution in [-0.2, 0) is 0 Å². The first-order valence-electron chi connectivity index (χ1n) is 5.28. The topological polar surface area (TPSA) is 15.8 Å².